The fourth-order valence-electron chi connectivity index (χ4n) is 11.6. The lowest BCUT2D eigenvalue weighted by Crippen LogP contribution is -2.62. The Morgan fingerprint density at radius 1 is 0.685 bits per heavy atom. The number of primary amides is 1. The highest BCUT2D eigenvalue weighted by Crippen LogP contribution is 2.37. The van der Waals surface area contributed by atoms with Crippen molar-refractivity contribution in [3.63, 3.8) is 0 Å². The Kier molecular flexibility index (Phi) is 39.0. The van der Waals surface area contributed by atoms with E-state index in [1.54, 1.807) is 26.0 Å². The van der Waals surface area contributed by atoms with Crippen molar-refractivity contribution in [3.05, 3.63) is 52.3 Å². The van der Waals surface area contributed by atoms with Gasteiger partial charge in [0.05, 0.1) is 166 Å². The predicted molar refractivity (Wildman–Crippen MR) is 382 cm³/mol. The number of unbranched alkanes of at least 4 members (excludes halogenated alkanes) is 1. The van der Waals surface area contributed by atoms with Gasteiger partial charge in [-0.05, 0) is 42.2 Å². The molecule has 3 aliphatic rings. The molecule has 3 aromatic rings. The molecule has 0 aliphatic carbocycles. The Hall–Kier alpha value is -8.30. The first-order chi connectivity index (χ1) is 53.1. The lowest BCUT2D eigenvalue weighted by Gasteiger charge is -2.32. The average molecular weight is 1620 g/mol. The Bertz CT molecular complexity index is 3680. The number of carbonyl (C=O) groups is 11. The number of carbonyl (C=O) groups excluding carboxylic acids is 11. The van der Waals surface area contributed by atoms with Crippen LogP contribution in [-0.2, 0) is 109 Å². The van der Waals surface area contributed by atoms with E-state index in [0.29, 0.717) is 73.6 Å². The van der Waals surface area contributed by atoms with E-state index in [1.165, 1.54) is 25.8 Å². The first-order valence-corrected chi connectivity index (χ1v) is 38.4. The first kappa shape index (κ1) is 91.6. The van der Waals surface area contributed by atoms with Gasteiger partial charge in [-0.2, -0.15) is 20.5 Å². The van der Waals surface area contributed by atoms with Crippen LogP contribution in [0, 0.1) is 40.9 Å². The largest absolute Gasteiger partial charge is 0.496 e. The van der Waals surface area contributed by atoms with Crippen LogP contribution >= 0.6 is 11.8 Å². The number of fused-ring (bicyclic) bond motifs is 5. The van der Waals surface area contributed by atoms with Crippen molar-refractivity contribution >= 4 is 98.5 Å². The SMILES string of the molecule is CC[C@H](C)[C@@H]1NC(=O)CNC(=O)[C@@H]2Cc3c([nH]c4c(CSCCCCNC(=O)CCOCCOCCOCCOCCOCCOCCOCCC(=O)Oc5c(F)c(F)c(F)c(F)c5F)c(OC)ccc34)S(=O)CC(NC(=O)CNC1=O)C(=O)N[C@@H](CC(N)=O)C(=O)N1C[C@H](O)C[C@H]1C(=O)N[C@@H]([C@@H](C)[C@@H](O)CO)C(=O)N2. The molecule has 35 nitrogen and oxygen atoms in total. The Balaban J connectivity index is 0.998. The van der Waals surface area contributed by atoms with Gasteiger partial charge in [0.1, 0.15) is 47.0 Å². The molecule has 3 aliphatic heterocycles. The standard InChI is InChI=1S/C69H98F5N11O24S2/c1-5-37(2)59-66(97)78-31-51(91)79-45-36-111(100)68-41(29-43(63(94)77-32-52(92)82-59)80-67(98)60(38(3)47(88)34-86)83-65(96)46-28-39(87)33-85(46)69(99)44(30-49(75)89)81-64(45)95)40-8-9-48(101-4)42(61(40)84-68)35-110-27-7-6-12-76-50(90)10-13-102-15-17-104-19-21-106-23-25-108-26-24-107-22-20-105-18-16-103-14-11-53(93)109-62-57(73)55(71)54(70)56(72)58(62)74/h8-9,37-39,43-47,59-60,84,86-88H,5-7,10-36H2,1-4H3,(H2,75,89)(H,76,90)(H,77,94)(H,78,97)(H,79,91)(H,80,98)(H,81,95)(H,82,92)(H,83,96)/t37-,38-,39+,43-,44-,45?,46-,47-,59-,60-,111?/m0/s1. The third kappa shape index (κ3) is 28.4. The van der Waals surface area contributed by atoms with Crippen LogP contribution in [0.4, 0.5) is 22.0 Å². The maximum Gasteiger partial charge on any atom is 0.313 e. The molecule has 14 N–H and O–H groups in total. The average Bonchev–Trinajstić information content (AvgIpc) is 1.63. The van der Waals surface area contributed by atoms with Crippen LogP contribution < -0.4 is 57.7 Å². The van der Waals surface area contributed by atoms with Gasteiger partial charge in [-0.25, -0.2) is 13.2 Å². The number of hydrogen-bond donors (Lipinski definition) is 13. The number of aliphatic hydroxyl groups is 3. The molecule has 2 unspecified atom stereocenters. The number of methoxy groups -OCH3 is 1. The van der Waals surface area contributed by atoms with Gasteiger partial charge in [-0.1, -0.05) is 27.2 Å². The van der Waals surface area contributed by atoms with Crippen molar-refractivity contribution in [1.82, 2.24) is 52.4 Å². The lowest BCUT2D eigenvalue weighted by atomic mass is 9.93. The number of benzene rings is 2. The molecule has 111 heavy (non-hydrogen) atoms. The van der Waals surface area contributed by atoms with Gasteiger partial charge in [0.15, 0.2) is 0 Å². The minimum atomic E-state index is -2.47. The summed E-state index contributed by atoms with van der Waals surface area (Å²) in [7, 11) is -1.05. The zero-order valence-electron chi connectivity index (χ0n) is 61.8. The number of aromatic amines is 1. The molecule has 2 aromatic carbocycles. The number of rotatable bonds is 40. The van der Waals surface area contributed by atoms with Gasteiger partial charge in [-0.15, -0.1) is 0 Å². The summed E-state index contributed by atoms with van der Waals surface area (Å²) >= 11 is 1.47. The van der Waals surface area contributed by atoms with Gasteiger partial charge in [0.2, 0.25) is 93.9 Å². The molecule has 1 aromatic heterocycles. The highest BCUT2D eigenvalue weighted by atomic mass is 32.2. The lowest BCUT2D eigenvalue weighted by molar-refractivity contribution is -0.144. The van der Waals surface area contributed by atoms with Gasteiger partial charge in [0.25, 0.3) is 0 Å². The molecule has 0 saturated carbocycles. The number of aliphatic hydroxyl groups excluding tert-OH is 3. The molecular weight excluding hydrogens is 1530 g/mol. The molecule has 0 radical (unpaired) electrons. The molecule has 2 bridgehead atoms. The first-order valence-electron chi connectivity index (χ1n) is 35.9. The molecule has 1 fully saturated rings. The topological polar surface area (TPSA) is 490 Å². The number of nitrogens with one attached hydrogen (secondary N) is 9. The number of ether oxygens (including phenoxy) is 9. The summed E-state index contributed by atoms with van der Waals surface area (Å²) in [5.41, 5.74) is 6.53. The summed E-state index contributed by atoms with van der Waals surface area (Å²) in [5, 5.41) is 52.5. The number of nitrogens with two attached hydrogens (primary N) is 1. The summed E-state index contributed by atoms with van der Waals surface area (Å²) in [6.45, 7) is 4.58. The summed E-state index contributed by atoms with van der Waals surface area (Å²) in [6, 6.07) is -7.10. The van der Waals surface area contributed by atoms with E-state index in [1.807, 2.05) is 0 Å². The van der Waals surface area contributed by atoms with E-state index in [0.717, 1.165) is 4.90 Å². The smallest absolute Gasteiger partial charge is 0.313 e. The zero-order chi connectivity index (χ0) is 81.3. The molecular formula is C69H98F5N11O24S2. The number of halogens is 5. The van der Waals surface area contributed by atoms with E-state index in [-0.39, 0.29) is 101 Å². The molecule has 42 heteroatoms. The highest BCUT2D eigenvalue weighted by molar-refractivity contribution is 7.98. The van der Waals surface area contributed by atoms with Crippen molar-refractivity contribution in [2.24, 2.45) is 17.6 Å². The molecule has 10 amide bonds. The number of nitrogens with zero attached hydrogens (tertiary/aromatic N) is 1. The summed E-state index contributed by atoms with van der Waals surface area (Å²) in [6.07, 6.45) is -3.91. The van der Waals surface area contributed by atoms with Crippen molar-refractivity contribution in [1.29, 1.82) is 0 Å². The molecule has 11 atom stereocenters. The predicted octanol–water partition coefficient (Wildman–Crippen LogP) is -2.29. The minimum absolute atomic E-state index is 0.0218. The fraction of sp³-hybridized carbons (Fsp3) is 0.638. The van der Waals surface area contributed by atoms with Gasteiger partial charge >= 0.3 is 5.97 Å². The summed E-state index contributed by atoms with van der Waals surface area (Å²) < 4.78 is 131. The normalized spacial score (nSPS) is 21.4. The maximum absolute atomic E-state index is 15.4. The van der Waals surface area contributed by atoms with E-state index >= 15 is 4.21 Å². The second kappa shape index (κ2) is 47.3. The Morgan fingerprint density at radius 3 is 1.81 bits per heavy atom. The van der Waals surface area contributed by atoms with Crippen molar-refractivity contribution in [3.8, 4) is 11.5 Å². The van der Waals surface area contributed by atoms with Crippen molar-refractivity contribution < 1.29 is 137 Å². The number of hydrogen-bond acceptors (Lipinski definition) is 25. The third-order valence-electron chi connectivity index (χ3n) is 17.8. The van der Waals surface area contributed by atoms with E-state index in [9.17, 15) is 90.0 Å². The van der Waals surface area contributed by atoms with Crippen LogP contribution in [0.25, 0.3) is 10.9 Å². The van der Waals surface area contributed by atoms with Gasteiger partial charge < -0.3 is 116 Å². The van der Waals surface area contributed by atoms with Crippen LogP contribution in [0.3, 0.4) is 0 Å². The Labute approximate surface area is 641 Å². The Morgan fingerprint density at radius 2 is 1.24 bits per heavy atom. The van der Waals surface area contributed by atoms with Crippen molar-refractivity contribution in [2.45, 2.75) is 131 Å². The molecule has 6 rings (SSSR count). The highest BCUT2D eigenvalue weighted by Gasteiger charge is 2.45. The van der Waals surface area contributed by atoms with Crippen LogP contribution in [0.5, 0.6) is 11.5 Å². The minimum Gasteiger partial charge on any atom is -0.496 e. The quantitative estimate of drug-likeness (QED) is 0.00712. The van der Waals surface area contributed by atoms with Gasteiger partial charge in [-0.3, -0.25) is 56.9 Å². The molecule has 620 valence electrons. The summed E-state index contributed by atoms with van der Waals surface area (Å²) in [4.78, 5) is 156. The van der Waals surface area contributed by atoms with Crippen LogP contribution in [0.15, 0.2) is 17.2 Å². The number of H-pyrrole nitrogens is 1. The van der Waals surface area contributed by atoms with E-state index in [2.05, 4.69) is 52.3 Å². The zero-order valence-corrected chi connectivity index (χ0v) is 63.4. The molecule has 4 heterocycles. The molecule has 0 spiro atoms. The van der Waals surface area contributed by atoms with Crippen molar-refractivity contribution in [2.75, 3.05) is 144 Å². The number of esters is 1. The van der Waals surface area contributed by atoms with Crippen LogP contribution in [0.1, 0.15) is 76.8 Å². The second-order valence-corrected chi connectivity index (χ2v) is 28.4. The number of amides is 10. The van der Waals surface area contributed by atoms with Crippen LogP contribution in [0.2, 0.25) is 0 Å². The van der Waals surface area contributed by atoms with Gasteiger partial charge in [0, 0.05) is 55.0 Å². The number of aromatic nitrogens is 1. The van der Waals surface area contributed by atoms with Crippen LogP contribution in [-0.4, -0.2) is 287 Å². The fourth-order valence-corrected chi connectivity index (χ4v) is 14.0. The maximum atomic E-state index is 15.4. The molecule has 1 saturated heterocycles. The monoisotopic (exact) mass is 1620 g/mol. The number of thioether (sulfide) groups is 1. The van der Waals surface area contributed by atoms with E-state index < -0.39 is 223 Å². The third-order valence-corrected chi connectivity index (χ3v) is 20.3. The summed E-state index contributed by atoms with van der Waals surface area (Å²) in [5.74, 6) is -25.7. The second-order valence-electron chi connectivity index (χ2n) is 25.9. The van der Waals surface area contributed by atoms with E-state index in [4.69, 9.17) is 43.6 Å².